The van der Waals surface area contributed by atoms with Crippen LogP contribution in [0.2, 0.25) is 0 Å². The maximum atomic E-state index is 11.4. The van der Waals surface area contributed by atoms with E-state index >= 15 is 0 Å². The maximum absolute atomic E-state index is 11.4. The minimum atomic E-state index is -0.536. The standard InChI is InChI=1S/C12H14N2O3/c1-12(2,3)17-11(16)14-10-6-4-9(5-7-10)13-8-15/h4-7H,1-3H3,(H,14,16). The van der Waals surface area contributed by atoms with Crippen molar-refractivity contribution in [3.05, 3.63) is 24.3 Å². The van der Waals surface area contributed by atoms with E-state index in [2.05, 4.69) is 10.3 Å². The number of amides is 1. The Balaban J connectivity index is 2.63. The van der Waals surface area contributed by atoms with E-state index in [0.717, 1.165) is 0 Å². The van der Waals surface area contributed by atoms with Crippen LogP contribution < -0.4 is 5.32 Å². The molecule has 0 heterocycles. The van der Waals surface area contributed by atoms with Crippen LogP contribution >= 0.6 is 0 Å². The van der Waals surface area contributed by atoms with Crippen LogP contribution in [0, 0.1) is 0 Å². The molecule has 1 aromatic rings. The number of nitrogens with one attached hydrogen (secondary N) is 1. The first-order valence-corrected chi connectivity index (χ1v) is 5.09. The van der Waals surface area contributed by atoms with E-state index in [-0.39, 0.29) is 0 Å². The van der Waals surface area contributed by atoms with Gasteiger partial charge in [0, 0.05) is 5.69 Å². The van der Waals surface area contributed by atoms with Crippen molar-refractivity contribution >= 4 is 23.5 Å². The molecule has 0 aromatic heterocycles. The summed E-state index contributed by atoms with van der Waals surface area (Å²) < 4.78 is 5.08. The Hall–Kier alpha value is -2.13. The molecule has 0 fully saturated rings. The second-order valence-corrected chi connectivity index (χ2v) is 4.38. The molecule has 5 nitrogen and oxygen atoms in total. The molecule has 1 N–H and O–H groups in total. The zero-order valence-corrected chi connectivity index (χ0v) is 9.98. The lowest BCUT2D eigenvalue weighted by molar-refractivity contribution is 0.0636. The summed E-state index contributed by atoms with van der Waals surface area (Å²) in [5.74, 6) is 0. The Kier molecular flexibility index (Phi) is 4.01. The fraction of sp³-hybridized carbons (Fsp3) is 0.333. The number of rotatable bonds is 2. The van der Waals surface area contributed by atoms with Crippen molar-refractivity contribution in [1.82, 2.24) is 0 Å². The number of aliphatic imine (C=N–C) groups is 1. The van der Waals surface area contributed by atoms with E-state index < -0.39 is 11.7 Å². The number of benzene rings is 1. The molecule has 17 heavy (non-hydrogen) atoms. The van der Waals surface area contributed by atoms with E-state index in [0.29, 0.717) is 11.4 Å². The molecule has 1 aromatic carbocycles. The van der Waals surface area contributed by atoms with Crippen LogP contribution in [0.1, 0.15) is 20.8 Å². The Bertz CT molecular complexity index is 440. The third kappa shape index (κ3) is 4.95. The monoisotopic (exact) mass is 234 g/mol. The molecule has 1 rings (SSSR count). The molecule has 0 aliphatic carbocycles. The van der Waals surface area contributed by atoms with E-state index in [1.165, 1.54) is 6.08 Å². The highest BCUT2D eigenvalue weighted by molar-refractivity contribution is 5.85. The lowest BCUT2D eigenvalue weighted by atomic mass is 10.2. The minimum absolute atomic E-state index is 0.481. The molecule has 0 radical (unpaired) electrons. The van der Waals surface area contributed by atoms with Gasteiger partial charge in [0.15, 0.2) is 0 Å². The average molecular weight is 234 g/mol. The number of carbonyl (C=O) groups is 1. The third-order valence-corrected chi connectivity index (χ3v) is 1.69. The van der Waals surface area contributed by atoms with Gasteiger partial charge in [0.25, 0.3) is 0 Å². The normalized spacial score (nSPS) is 10.3. The summed E-state index contributed by atoms with van der Waals surface area (Å²) in [5.41, 5.74) is 0.519. The van der Waals surface area contributed by atoms with Crippen LogP contribution in [-0.2, 0) is 9.53 Å². The number of carbonyl (C=O) groups excluding carboxylic acids is 2. The van der Waals surface area contributed by atoms with Gasteiger partial charge in [-0.25, -0.2) is 9.59 Å². The topological polar surface area (TPSA) is 67.8 Å². The molecule has 0 saturated carbocycles. The molecule has 0 unspecified atom stereocenters. The predicted octanol–water partition coefficient (Wildman–Crippen LogP) is 3.00. The van der Waals surface area contributed by atoms with Gasteiger partial charge in [0.1, 0.15) is 5.60 Å². The lowest BCUT2D eigenvalue weighted by Gasteiger charge is -2.19. The number of nitrogens with zero attached hydrogens (tertiary/aromatic N) is 1. The molecular weight excluding hydrogens is 220 g/mol. The Morgan fingerprint density at radius 1 is 1.29 bits per heavy atom. The summed E-state index contributed by atoms with van der Waals surface area (Å²) >= 11 is 0. The number of hydrogen-bond acceptors (Lipinski definition) is 4. The van der Waals surface area contributed by atoms with Crippen LogP contribution in [-0.4, -0.2) is 17.8 Å². The molecule has 0 aliphatic rings. The zero-order valence-electron chi connectivity index (χ0n) is 9.98. The number of ether oxygens (including phenoxy) is 1. The van der Waals surface area contributed by atoms with Gasteiger partial charge < -0.3 is 4.74 Å². The maximum Gasteiger partial charge on any atom is 0.412 e. The van der Waals surface area contributed by atoms with Crippen molar-refractivity contribution in [3.63, 3.8) is 0 Å². The molecule has 0 atom stereocenters. The lowest BCUT2D eigenvalue weighted by Crippen LogP contribution is -2.27. The fourth-order valence-electron chi connectivity index (χ4n) is 1.09. The molecule has 5 heteroatoms. The van der Waals surface area contributed by atoms with Crippen LogP contribution in [0.3, 0.4) is 0 Å². The largest absolute Gasteiger partial charge is 0.444 e. The molecule has 90 valence electrons. The van der Waals surface area contributed by atoms with Crippen molar-refractivity contribution < 1.29 is 14.3 Å². The van der Waals surface area contributed by atoms with Crippen LogP contribution in [0.4, 0.5) is 16.2 Å². The van der Waals surface area contributed by atoms with Gasteiger partial charge in [0.2, 0.25) is 6.08 Å². The van der Waals surface area contributed by atoms with Gasteiger partial charge in [-0.05, 0) is 45.0 Å². The van der Waals surface area contributed by atoms with Crippen molar-refractivity contribution in [1.29, 1.82) is 0 Å². The van der Waals surface area contributed by atoms with E-state index in [1.807, 2.05) is 0 Å². The highest BCUT2D eigenvalue weighted by Gasteiger charge is 2.15. The second-order valence-electron chi connectivity index (χ2n) is 4.38. The average Bonchev–Trinajstić information content (AvgIpc) is 2.18. The van der Waals surface area contributed by atoms with E-state index in [4.69, 9.17) is 4.74 Å². The molecule has 0 aliphatic heterocycles. The van der Waals surface area contributed by atoms with Gasteiger partial charge in [-0.15, -0.1) is 0 Å². The van der Waals surface area contributed by atoms with Crippen LogP contribution in [0.5, 0.6) is 0 Å². The molecule has 1 amide bonds. The van der Waals surface area contributed by atoms with Crippen molar-refractivity contribution in [2.75, 3.05) is 5.32 Å². The summed E-state index contributed by atoms with van der Waals surface area (Å²) in [6, 6.07) is 6.44. The molecule has 0 saturated heterocycles. The first kappa shape index (κ1) is 12.9. The van der Waals surface area contributed by atoms with Crippen LogP contribution in [0.15, 0.2) is 29.3 Å². The highest BCUT2D eigenvalue weighted by Crippen LogP contribution is 2.16. The van der Waals surface area contributed by atoms with Crippen molar-refractivity contribution in [3.8, 4) is 0 Å². The second kappa shape index (κ2) is 5.27. The quantitative estimate of drug-likeness (QED) is 0.631. The van der Waals surface area contributed by atoms with Gasteiger partial charge >= 0.3 is 6.09 Å². The Morgan fingerprint density at radius 2 is 1.88 bits per heavy atom. The first-order chi connectivity index (χ1) is 7.90. The summed E-state index contributed by atoms with van der Waals surface area (Å²) in [5, 5.41) is 2.57. The van der Waals surface area contributed by atoms with E-state index in [1.54, 1.807) is 45.0 Å². The van der Waals surface area contributed by atoms with Gasteiger partial charge in [0.05, 0.1) is 5.69 Å². The summed E-state index contributed by atoms with van der Waals surface area (Å²) in [7, 11) is 0. The predicted molar refractivity (Wildman–Crippen MR) is 64.1 cm³/mol. The Morgan fingerprint density at radius 3 is 2.35 bits per heavy atom. The van der Waals surface area contributed by atoms with Gasteiger partial charge in [-0.2, -0.15) is 4.99 Å². The zero-order chi connectivity index (χ0) is 12.9. The van der Waals surface area contributed by atoms with Crippen molar-refractivity contribution in [2.24, 2.45) is 4.99 Å². The number of anilines is 1. The fourth-order valence-corrected chi connectivity index (χ4v) is 1.09. The first-order valence-electron chi connectivity index (χ1n) is 5.09. The Labute approximate surface area is 99.5 Å². The van der Waals surface area contributed by atoms with Crippen LogP contribution in [0.25, 0.3) is 0 Å². The summed E-state index contributed by atoms with van der Waals surface area (Å²) in [6.07, 6.45) is 0.914. The van der Waals surface area contributed by atoms with Gasteiger partial charge in [-0.3, -0.25) is 5.32 Å². The van der Waals surface area contributed by atoms with Crippen molar-refractivity contribution in [2.45, 2.75) is 26.4 Å². The third-order valence-electron chi connectivity index (χ3n) is 1.69. The highest BCUT2D eigenvalue weighted by atomic mass is 16.6. The smallest absolute Gasteiger partial charge is 0.412 e. The summed E-state index contributed by atoms with van der Waals surface area (Å²) in [6.45, 7) is 5.36. The van der Waals surface area contributed by atoms with Gasteiger partial charge in [-0.1, -0.05) is 0 Å². The summed E-state index contributed by atoms with van der Waals surface area (Å²) in [4.78, 5) is 24.9. The number of hydrogen-bond donors (Lipinski definition) is 1. The molecular formula is C12H14N2O3. The molecule has 0 bridgehead atoms. The number of isocyanates is 1. The minimum Gasteiger partial charge on any atom is -0.444 e. The van der Waals surface area contributed by atoms with E-state index in [9.17, 15) is 9.59 Å². The molecule has 0 spiro atoms. The SMILES string of the molecule is CC(C)(C)OC(=O)Nc1ccc(N=C=O)cc1.